The van der Waals surface area contributed by atoms with Gasteiger partial charge in [0.1, 0.15) is 0 Å². The van der Waals surface area contributed by atoms with Crippen molar-refractivity contribution in [2.45, 2.75) is 37.2 Å². The third kappa shape index (κ3) is 3.54. The Bertz CT molecular complexity index is 499. The van der Waals surface area contributed by atoms with E-state index < -0.39 is 0 Å². The van der Waals surface area contributed by atoms with Gasteiger partial charge in [0.15, 0.2) is 0 Å². The number of nitrogens with zero attached hydrogens (tertiary/aromatic N) is 4. The highest BCUT2D eigenvalue weighted by atomic mass is 32.2. The van der Waals surface area contributed by atoms with Gasteiger partial charge in [0, 0.05) is 11.3 Å². The molecule has 2 aromatic rings. The van der Waals surface area contributed by atoms with E-state index in [1.54, 1.807) is 16.4 Å². The number of nitrogens with one attached hydrogen (secondary N) is 1. The second kappa shape index (κ2) is 6.68. The Morgan fingerprint density at radius 2 is 2.00 bits per heavy atom. The number of hydrogen-bond acceptors (Lipinski definition) is 5. The minimum Gasteiger partial charge on any atom is -0.313 e. The third-order valence-electron chi connectivity index (χ3n) is 2.96. The van der Waals surface area contributed by atoms with Crippen molar-refractivity contribution in [2.75, 3.05) is 6.54 Å². The van der Waals surface area contributed by atoms with Crippen molar-refractivity contribution in [3.8, 4) is 5.69 Å². The lowest BCUT2D eigenvalue weighted by Gasteiger charge is -2.19. The molecule has 0 bridgehead atoms. The van der Waals surface area contributed by atoms with Crippen LogP contribution in [0.3, 0.4) is 0 Å². The van der Waals surface area contributed by atoms with Crippen LogP contribution in [0.1, 0.15) is 20.8 Å². The molecule has 2 unspecified atom stereocenters. The Morgan fingerprint density at radius 3 is 2.68 bits per heavy atom. The molecule has 0 saturated carbocycles. The minimum absolute atomic E-state index is 0.397. The molecule has 0 radical (unpaired) electrons. The predicted octanol–water partition coefficient (Wildman–Crippen LogP) is 2.14. The van der Waals surface area contributed by atoms with Crippen LogP contribution in [0.25, 0.3) is 5.69 Å². The maximum Gasteiger partial charge on any atom is 0.214 e. The Morgan fingerprint density at radius 1 is 1.26 bits per heavy atom. The third-order valence-corrected chi connectivity index (χ3v) is 4.21. The van der Waals surface area contributed by atoms with Crippen molar-refractivity contribution >= 4 is 11.8 Å². The van der Waals surface area contributed by atoms with Gasteiger partial charge >= 0.3 is 0 Å². The molecule has 19 heavy (non-hydrogen) atoms. The fourth-order valence-corrected chi connectivity index (χ4v) is 2.70. The molecule has 1 aromatic heterocycles. The quantitative estimate of drug-likeness (QED) is 0.820. The summed E-state index contributed by atoms with van der Waals surface area (Å²) in [6.07, 6.45) is 0. The molecule has 0 fully saturated rings. The highest BCUT2D eigenvalue weighted by molar-refractivity contribution is 7.99. The molecule has 5 nitrogen and oxygen atoms in total. The van der Waals surface area contributed by atoms with Gasteiger partial charge in [-0.15, -0.1) is 5.10 Å². The van der Waals surface area contributed by atoms with Crippen molar-refractivity contribution in [3.63, 3.8) is 0 Å². The van der Waals surface area contributed by atoms with E-state index in [1.165, 1.54) is 0 Å². The van der Waals surface area contributed by atoms with Crippen LogP contribution < -0.4 is 5.32 Å². The van der Waals surface area contributed by atoms with Crippen LogP contribution in [0.4, 0.5) is 0 Å². The van der Waals surface area contributed by atoms with E-state index in [9.17, 15) is 0 Å². The van der Waals surface area contributed by atoms with Crippen LogP contribution in [0.15, 0.2) is 35.5 Å². The molecule has 0 aliphatic carbocycles. The van der Waals surface area contributed by atoms with E-state index in [2.05, 4.69) is 41.6 Å². The topological polar surface area (TPSA) is 55.6 Å². The zero-order valence-electron chi connectivity index (χ0n) is 11.4. The number of hydrogen-bond donors (Lipinski definition) is 1. The van der Waals surface area contributed by atoms with Crippen LogP contribution in [0.5, 0.6) is 0 Å². The van der Waals surface area contributed by atoms with E-state index in [0.717, 1.165) is 17.4 Å². The fourth-order valence-electron chi connectivity index (χ4n) is 1.74. The first-order chi connectivity index (χ1) is 9.22. The predicted molar refractivity (Wildman–Crippen MR) is 77.6 cm³/mol. The van der Waals surface area contributed by atoms with Gasteiger partial charge in [0.2, 0.25) is 5.16 Å². The van der Waals surface area contributed by atoms with Gasteiger partial charge in [-0.3, -0.25) is 0 Å². The van der Waals surface area contributed by atoms with Crippen LogP contribution >= 0.6 is 11.8 Å². The van der Waals surface area contributed by atoms with Gasteiger partial charge in [0.25, 0.3) is 0 Å². The highest BCUT2D eigenvalue weighted by Gasteiger charge is 2.17. The first-order valence-corrected chi connectivity index (χ1v) is 7.34. The van der Waals surface area contributed by atoms with E-state index in [0.29, 0.717) is 11.3 Å². The number of thioether (sulfide) groups is 1. The Hall–Kier alpha value is -1.40. The summed E-state index contributed by atoms with van der Waals surface area (Å²) in [5.74, 6) is 0. The van der Waals surface area contributed by atoms with Crippen LogP contribution in [0, 0.1) is 0 Å². The maximum atomic E-state index is 4.11. The van der Waals surface area contributed by atoms with Crippen molar-refractivity contribution in [1.82, 2.24) is 25.5 Å². The van der Waals surface area contributed by atoms with Gasteiger partial charge in [-0.2, -0.15) is 4.68 Å². The second-order valence-corrected chi connectivity index (χ2v) is 5.72. The lowest BCUT2D eigenvalue weighted by molar-refractivity contribution is 0.562. The molecule has 0 aliphatic rings. The zero-order valence-corrected chi connectivity index (χ0v) is 12.3. The standard InChI is InChI=1S/C13H19N5S/c1-4-14-10(2)11(3)19-13-15-16-17-18(13)12-8-6-5-7-9-12/h5-11,14H,4H2,1-3H3. The van der Waals surface area contributed by atoms with Crippen molar-refractivity contribution < 1.29 is 0 Å². The summed E-state index contributed by atoms with van der Waals surface area (Å²) in [6.45, 7) is 7.44. The molecule has 2 rings (SSSR count). The fraction of sp³-hybridized carbons (Fsp3) is 0.462. The smallest absolute Gasteiger partial charge is 0.214 e. The average Bonchev–Trinajstić information content (AvgIpc) is 2.88. The minimum atomic E-state index is 0.397. The second-order valence-electron chi connectivity index (χ2n) is 4.38. The summed E-state index contributed by atoms with van der Waals surface area (Å²) in [7, 11) is 0. The normalized spacial score (nSPS) is 14.3. The summed E-state index contributed by atoms with van der Waals surface area (Å²) < 4.78 is 1.78. The molecule has 0 aliphatic heterocycles. The van der Waals surface area contributed by atoms with Crippen molar-refractivity contribution in [2.24, 2.45) is 0 Å². The first-order valence-electron chi connectivity index (χ1n) is 6.46. The lowest BCUT2D eigenvalue weighted by atomic mass is 10.2. The Kier molecular flexibility index (Phi) is 4.93. The van der Waals surface area contributed by atoms with Gasteiger partial charge < -0.3 is 5.32 Å². The number of tetrazole rings is 1. The Labute approximate surface area is 117 Å². The van der Waals surface area contributed by atoms with E-state index in [1.807, 2.05) is 30.3 Å². The Balaban J connectivity index is 2.12. The molecule has 6 heteroatoms. The molecular weight excluding hydrogens is 258 g/mol. The molecule has 102 valence electrons. The SMILES string of the molecule is CCNC(C)C(C)Sc1nnnn1-c1ccccc1. The van der Waals surface area contributed by atoms with E-state index in [4.69, 9.17) is 0 Å². The van der Waals surface area contributed by atoms with Crippen LogP contribution in [-0.4, -0.2) is 38.0 Å². The van der Waals surface area contributed by atoms with Crippen molar-refractivity contribution in [1.29, 1.82) is 0 Å². The lowest BCUT2D eigenvalue weighted by Crippen LogP contribution is -2.33. The number of aromatic nitrogens is 4. The maximum absolute atomic E-state index is 4.11. The van der Waals surface area contributed by atoms with E-state index >= 15 is 0 Å². The highest BCUT2D eigenvalue weighted by Crippen LogP contribution is 2.24. The van der Waals surface area contributed by atoms with Crippen LogP contribution in [-0.2, 0) is 0 Å². The monoisotopic (exact) mass is 277 g/mol. The number of para-hydroxylation sites is 1. The zero-order chi connectivity index (χ0) is 13.7. The number of benzene rings is 1. The van der Waals surface area contributed by atoms with Gasteiger partial charge in [-0.25, -0.2) is 0 Å². The summed E-state index contributed by atoms with van der Waals surface area (Å²) in [4.78, 5) is 0. The van der Waals surface area contributed by atoms with Gasteiger partial charge in [-0.1, -0.05) is 43.8 Å². The summed E-state index contributed by atoms with van der Waals surface area (Å²) in [5, 5.41) is 16.6. The molecule has 0 saturated heterocycles. The first kappa shape index (κ1) is 14.0. The molecule has 1 heterocycles. The molecule has 1 aromatic carbocycles. The number of rotatable bonds is 6. The summed E-state index contributed by atoms with van der Waals surface area (Å²) in [5.41, 5.74) is 0.985. The molecule has 0 spiro atoms. The molecule has 1 N–H and O–H groups in total. The van der Waals surface area contributed by atoms with Crippen molar-refractivity contribution in [3.05, 3.63) is 30.3 Å². The molecular formula is C13H19N5S. The van der Waals surface area contributed by atoms with Crippen LogP contribution in [0.2, 0.25) is 0 Å². The van der Waals surface area contributed by atoms with Gasteiger partial charge in [-0.05, 0) is 36.0 Å². The summed E-state index contributed by atoms with van der Waals surface area (Å²) >= 11 is 1.68. The van der Waals surface area contributed by atoms with E-state index in [-0.39, 0.29) is 0 Å². The summed E-state index contributed by atoms with van der Waals surface area (Å²) in [6, 6.07) is 10.4. The average molecular weight is 277 g/mol. The largest absolute Gasteiger partial charge is 0.313 e. The molecule has 2 atom stereocenters. The van der Waals surface area contributed by atoms with Gasteiger partial charge in [0.05, 0.1) is 5.69 Å². The molecule has 0 amide bonds.